The highest BCUT2D eigenvalue weighted by atomic mass is 35.5. The molecule has 1 aromatic heterocycles. The van der Waals surface area contributed by atoms with Crippen LogP contribution in [0.15, 0.2) is 91.3 Å². The maximum atomic E-state index is 16.6. The van der Waals surface area contributed by atoms with Crippen molar-refractivity contribution >= 4 is 47.0 Å². The Morgan fingerprint density at radius 1 is 0.837 bits per heavy atom. The van der Waals surface area contributed by atoms with Gasteiger partial charge in [0.25, 0.3) is 0 Å². The van der Waals surface area contributed by atoms with Gasteiger partial charge in [-0.2, -0.15) is 0 Å². The van der Waals surface area contributed by atoms with Crippen LogP contribution in [0.3, 0.4) is 0 Å². The lowest BCUT2D eigenvalue weighted by Gasteiger charge is -2.43. The molecule has 5 aromatic rings. The molecule has 1 N–H and O–H groups in total. The zero-order chi connectivity index (χ0) is 30.2. The Balaban J connectivity index is 1.58. The molecule has 1 fully saturated rings. The Labute approximate surface area is 256 Å². The Morgan fingerprint density at radius 3 is 2.07 bits per heavy atom. The molecule has 0 atom stereocenters. The van der Waals surface area contributed by atoms with E-state index >= 15 is 8.78 Å². The van der Waals surface area contributed by atoms with Crippen molar-refractivity contribution in [1.82, 2.24) is 15.3 Å². The minimum atomic E-state index is -3.17. The molecule has 0 saturated carbocycles. The minimum Gasteiger partial charge on any atom is -0.533 e. The number of nitrogens with zero attached hydrogens (tertiary/aromatic N) is 3. The van der Waals surface area contributed by atoms with Crippen molar-refractivity contribution in [3.63, 3.8) is 0 Å². The van der Waals surface area contributed by atoms with Crippen LogP contribution in [0, 0.1) is 11.6 Å². The van der Waals surface area contributed by atoms with Crippen LogP contribution in [-0.4, -0.2) is 44.5 Å². The molecule has 220 valence electrons. The number of halogens is 3. The molecule has 5 nitrogen and oxygen atoms in total. The quantitative estimate of drug-likeness (QED) is 0.219. The number of piperazine rings is 1. The molecule has 2 heterocycles. The van der Waals surface area contributed by atoms with Crippen LogP contribution >= 0.6 is 11.6 Å². The van der Waals surface area contributed by atoms with Gasteiger partial charge in [-0.3, -0.25) is 0 Å². The minimum absolute atomic E-state index is 0.0257. The maximum Gasteiger partial charge on any atom is 0.319 e. The fraction of sp³-hybridized carbons (Fsp3) is 0.235. The molecule has 0 aliphatic carbocycles. The lowest BCUT2D eigenvalue weighted by atomic mass is 10.0. The van der Waals surface area contributed by atoms with E-state index in [1.54, 1.807) is 18.2 Å². The molecular formula is C34H33ClF2N4OSi. The fourth-order valence-electron chi connectivity index (χ4n) is 6.12. The summed E-state index contributed by atoms with van der Waals surface area (Å²) in [7, 11) is -3.17. The second-order valence-corrected chi connectivity index (χ2v) is 16.4. The summed E-state index contributed by atoms with van der Waals surface area (Å²) in [6, 6.07) is 26.3. The second kappa shape index (κ2) is 11.7. The fourth-order valence-corrected chi connectivity index (χ4v) is 10.8. The van der Waals surface area contributed by atoms with Gasteiger partial charge in [0.2, 0.25) is 0 Å². The first-order chi connectivity index (χ1) is 20.7. The predicted octanol–water partition coefficient (Wildman–Crippen LogP) is 6.58. The van der Waals surface area contributed by atoms with E-state index in [-0.39, 0.29) is 27.4 Å². The van der Waals surface area contributed by atoms with E-state index in [4.69, 9.17) is 16.0 Å². The monoisotopic (exact) mass is 614 g/mol. The largest absolute Gasteiger partial charge is 0.533 e. The van der Waals surface area contributed by atoms with Gasteiger partial charge in [0, 0.05) is 37.1 Å². The standard InChI is InChI=1S/C34H33ClF2N4OSi/c1-34(2,3)43(23-11-6-4-7-12-23,24-13-8-5-9-14-24)42-28-16-10-15-27(36)30(28)29-26(35)21-25-32(31(29)37)39-22-40-33(25)41-19-17-38-18-20-41/h4-16,21-22,38H,17-20H2,1-3H3. The molecule has 1 aliphatic heterocycles. The Morgan fingerprint density at radius 2 is 1.47 bits per heavy atom. The van der Waals surface area contributed by atoms with Gasteiger partial charge in [-0.1, -0.05) is 99.1 Å². The van der Waals surface area contributed by atoms with Crippen LogP contribution in [0.4, 0.5) is 14.6 Å². The molecule has 9 heteroatoms. The molecular weight excluding hydrogens is 582 g/mol. The summed E-state index contributed by atoms with van der Waals surface area (Å²) < 4.78 is 39.8. The van der Waals surface area contributed by atoms with E-state index in [1.165, 1.54) is 12.4 Å². The number of benzene rings is 4. The van der Waals surface area contributed by atoms with Gasteiger partial charge < -0.3 is 14.6 Å². The molecule has 0 unspecified atom stereocenters. The molecule has 1 saturated heterocycles. The van der Waals surface area contributed by atoms with E-state index in [0.29, 0.717) is 11.2 Å². The van der Waals surface area contributed by atoms with Crippen molar-refractivity contribution in [3.05, 3.63) is 108 Å². The topological polar surface area (TPSA) is 50.3 Å². The van der Waals surface area contributed by atoms with Gasteiger partial charge in [-0.25, -0.2) is 18.7 Å². The molecule has 1 aliphatic rings. The van der Waals surface area contributed by atoms with Crippen LogP contribution in [0.1, 0.15) is 20.8 Å². The van der Waals surface area contributed by atoms with E-state index in [0.717, 1.165) is 36.6 Å². The maximum absolute atomic E-state index is 16.6. The van der Waals surface area contributed by atoms with E-state index < -0.39 is 25.0 Å². The van der Waals surface area contributed by atoms with Crippen LogP contribution in [0.25, 0.3) is 22.0 Å². The smallest absolute Gasteiger partial charge is 0.319 e. The lowest BCUT2D eigenvalue weighted by Crippen LogP contribution is -2.68. The van der Waals surface area contributed by atoms with Gasteiger partial charge in [0.1, 0.15) is 29.2 Å². The summed E-state index contributed by atoms with van der Waals surface area (Å²) in [5, 5.41) is 5.50. The first kappa shape index (κ1) is 29.2. The van der Waals surface area contributed by atoms with E-state index in [9.17, 15) is 0 Å². The highest BCUT2D eigenvalue weighted by Gasteiger charge is 2.52. The Kier molecular flexibility index (Phi) is 7.94. The second-order valence-electron chi connectivity index (χ2n) is 11.8. The summed E-state index contributed by atoms with van der Waals surface area (Å²) in [5.41, 5.74) is -0.0185. The first-order valence-electron chi connectivity index (χ1n) is 14.4. The number of hydrogen-bond acceptors (Lipinski definition) is 5. The first-order valence-corrected chi connectivity index (χ1v) is 16.7. The van der Waals surface area contributed by atoms with Crippen molar-refractivity contribution < 1.29 is 13.2 Å². The molecule has 4 aromatic carbocycles. The van der Waals surface area contributed by atoms with Gasteiger partial charge in [0.05, 0.1) is 10.6 Å². The number of hydrogen-bond donors (Lipinski definition) is 1. The average Bonchev–Trinajstić information content (AvgIpc) is 3.01. The molecule has 43 heavy (non-hydrogen) atoms. The Bertz CT molecular complexity index is 1720. The summed E-state index contributed by atoms with van der Waals surface area (Å²) >= 11 is 6.86. The number of fused-ring (bicyclic) bond motifs is 1. The van der Waals surface area contributed by atoms with Gasteiger partial charge in [-0.15, -0.1) is 0 Å². The lowest BCUT2D eigenvalue weighted by molar-refractivity contribution is 0.503. The summed E-state index contributed by atoms with van der Waals surface area (Å²) in [6.45, 7) is 9.42. The van der Waals surface area contributed by atoms with Crippen molar-refractivity contribution in [1.29, 1.82) is 0 Å². The van der Waals surface area contributed by atoms with Crippen molar-refractivity contribution in [2.75, 3.05) is 31.1 Å². The third kappa shape index (κ3) is 5.17. The number of anilines is 1. The molecule has 0 spiro atoms. The summed E-state index contributed by atoms with van der Waals surface area (Å²) in [5.74, 6) is -0.507. The predicted molar refractivity (Wildman–Crippen MR) is 173 cm³/mol. The number of aromatic nitrogens is 2. The zero-order valence-electron chi connectivity index (χ0n) is 24.4. The molecule has 0 radical (unpaired) electrons. The number of nitrogens with one attached hydrogen (secondary N) is 1. The van der Waals surface area contributed by atoms with Gasteiger partial charge >= 0.3 is 8.32 Å². The van der Waals surface area contributed by atoms with Crippen LogP contribution in [-0.2, 0) is 0 Å². The van der Waals surface area contributed by atoms with Crippen molar-refractivity contribution in [2.45, 2.75) is 25.8 Å². The van der Waals surface area contributed by atoms with Crippen LogP contribution < -0.4 is 25.0 Å². The molecule has 0 bridgehead atoms. The average molecular weight is 615 g/mol. The van der Waals surface area contributed by atoms with E-state index in [1.807, 2.05) is 36.4 Å². The molecule has 0 amide bonds. The van der Waals surface area contributed by atoms with Gasteiger partial charge in [0.15, 0.2) is 5.82 Å². The highest BCUT2D eigenvalue weighted by Crippen LogP contribution is 2.45. The zero-order valence-corrected chi connectivity index (χ0v) is 26.1. The van der Waals surface area contributed by atoms with Crippen molar-refractivity contribution in [2.24, 2.45) is 0 Å². The third-order valence-electron chi connectivity index (χ3n) is 8.12. The van der Waals surface area contributed by atoms with Crippen LogP contribution in [0.2, 0.25) is 10.1 Å². The van der Waals surface area contributed by atoms with Crippen LogP contribution in [0.5, 0.6) is 5.75 Å². The molecule has 6 rings (SSSR count). The highest BCUT2D eigenvalue weighted by molar-refractivity contribution is 7.00. The number of rotatable bonds is 6. The van der Waals surface area contributed by atoms with Gasteiger partial charge in [-0.05, 0) is 33.6 Å². The van der Waals surface area contributed by atoms with Crippen molar-refractivity contribution in [3.8, 4) is 16.9 Å². The SMILES string of the molecule is CC(C)(C)[Si](Oc1cccc(F)c1-c1c(Cl)cc2c(N3CCNCC3)ncnc2c1F)(c1ccccc1)c1ccccc1. The normalized spacial score (nSPS) is 14.2. The Hall–Kier alpha value is -3.85. The third-order valence-corrected chi connectivity index (χ3v) is 13.4. The summed E-state index contributed by atoms with van der Waals surface area (Å²) in [4.78, 5) is 10.8. The summed E-state index contributed by atoms with van der Waals surface area (Å²) in [6.07, 6.45) is 1.35. The van der Waals surface area contributed by atoms with E-state index in [2.05, 4.69) is 65.2 Å².